The van der Waals surface area contributed by atoms with Gasteiger partial charge in [-0.15, -0.1) is 0 Å². The summed E-state index contributed by atoms with van der Waals surface area (Å²) in [5.41, 5.74) is 8.37. The van der Waals surface area contributed by atoms with Gasteiger partial charge in [0.25, 0.3) is 0 Å². The SMILES string of the molecule is CCO.FC(F)(F)CN1CCN(c2cccc(N=C(c3ccccc3)c3ccccc3)n2)CC1.Nc1cccc(N2CCN(CC(F)(F)F)CC2)n1. The first-order valence-electron chi connectivity index (χ1n) is 16.9. The number of halogens is 6. The number of aliphatic hydroxyl groups excluding tert-OH is 1. The number of anilines is 3. The maximum Gasteiger partial charge on any atom is 0.401 e. The van der Waals surface area contributed by atoms with Gasteiger partial charge in [-0.3, -0.25) is 9.80 Å². The number of pyridine rings is 2. The van der Waals surface area contributed by atoms with Gasteiger partial charge in [0.1, 0.15) is 17.5 Å². The third-order valence-corrected chi connectivity index (χ3v) is 7.99. The molecule has 2 saturated heterocycles. The Balaban J connectivity index is 0.000000244. The van der Waals surface area contributed by atoms with E-state index in [1.165, 1.54) is 9.80 Å². The minimum absolute atomic E-state index is 0.250. The Kier molecular flexibility index (Phi) is 14.8. The van der Waals surface area contributed by atoms with Crippen LogP contribution in [0, 0.1) is 0 Å². The Morgan fingerprint density at radius 3 is 1.42 bits per heavy atom. The first-order chi connectivity index (χ1) is 24.8. The summed E-state index contributed by atoms with van der Waals surface area (Å²) in [5, 5.41) is 7.57. The van der Waals surface area contributed by atoms with Gasteiger partial charge in [-0.05, 0) is 31.2 Å². The quantitative estimate of drug-likeness (QED) is 0.170. The van der Waals surface area contributed by atoms with E-state index < -0.39 is 25.4 Å². The first-order valence-corrected chi connectivity index (χ1v) is 16.9. The molecule has 4 heterocycles. The second kappa shape index (κ2) is 19.2. The van der Waals surface area contributed by atoms with Gasteiger partial charge in [0, 0.05) is 70.1 Å². The van der Waals surface area contributed by atoms with Gasteiger partial charge in [-0.2, -0.15) is 26.3 Å². The number of benzene rings is 2. The van der Waals surface area contributed by atoms with Crippen LogP contribution in [0.3, 0.4) is 0 Å². The zero-order chi connectivity index (χ0) is 37.6. The molecule has 0 atom stereocenters. The van der Waals surface area contributed by atoms with E-state index in [1.54, 1.807) is 19.1 Å². The number of aliphatic imine (C=N–C) groups is 1. The topological polar surface area (TPSA) is 97.3 Å². The van der Waals surface area contributed by atoms with Crippen molar-refractivity contribution in [1.29, 1.82) is 0 Å². The molecule has 280 valence electrons. The van der Waals surface area contributed by atoms with Crippen molar-refractivity contribution >= 4 is 29.0 Å². The van der Waals surface area contributed by atoms with Crippen molar-refractivity contribution in [3.63, 3.8) is 0 Å². The second-order valence-corrected chi connectivity index (χ2v) is 12.0. The fraction of sp³-hybridized carbons (Fsp3) is 0.378. The summed E-state index contributed by atoms with van der Waals surface area (Å²) in [6.07, 6.45) is -8.29. The zero-order valence-electron chi connectivity index (χ0n) is 28.9. The van der Waals surface area contributed by atoms with Crippen LogP contribution in [-0.2, 0) is 0 Å². The molecule has 0 amide bonds. The normalized spacial score (nSPS) is 15.5. The number of hydrogen-bond donors (Lipinski definition) is 2. The van der Waals surface area contributed by atoms with E-state index in [0.717, 1.165) is 28.5 Å². The molecule has 0 unspecified atom stereocenters. The first kappa shape index (κ1) is 40.0. The third kappa shape index (κ3) is 13.4. The smallest absolute Gasteiger partial charge is 0.397 e. The number of piperazine rings is 2. The molecular formula is C37H44F6N8O. The monoisotopic (exact) mass is 730 g/mol. The van der Waals surface area contributed by atoms with Crippen LogP contribution in [0.4, 0.5) is 49.6 Å². The summed E-state index contributed by atoms with van der Waals surface area (Å²) in [6.45, 7) is 3.77. The molecule has 0 bridgehead atoms. The van der Waals surface area contributed by atoms with Gasteiger partial charge in [0.05, 0.1) is 18.8 Å². The lowest BCUT2D eigenvalue weighted by atomic mass is 10.0. The molecule has 4 aromatic rings. The highest BCUT2D eigenvalue weighted by atomic mass is 19.4. The van der Waals surface area contributed by atoms with Gasteiger partial charge in [-0.1, -0.05) is 72.8 Å². The lowest BCUT2D eigenvalue weighted by Gasteiger charge is -2.35. The van der Waals surface area contributed by atoms with E-state index >= 15 is 0 Å². The molecule has 0 radical (unpaired) electrons. The Morgan fingerprint density at radius 1 is 0.615 bits per heavy atom. The van der Waals surface area contributed by atoms with Crippen LogP contribution in [0.15, 0.2) is 102 Å². The Morgan fingerprint density at radius 2 is 1.02 bits per heavy atom. The third-order valence-electron chi connectivity index (χ3n) is 7.99. The molecule has 9 nitrogen and oxygen atoms in total. The maximum absolute atomic E-state index is 12.6. The van der Waals surface area contributed by atoms with Gasteiger partial charge in [0.15, 0.2) is 5.82 Å². The number of hydrogen-bond acceptors (Lipinski definition) is 9. The van der Waals surface area contributed by atoms with Crippen molar-refractivity contribution < 1.29 is 31.4 Å². The highest BCUT2D eigenvalue weighted by Crippen LogP contribution is 2.23. The lowest BCUT2D eigenvalue weighted by Crippen LogP contribution is -2.49. The van der Waals surface area contributed by atoms with E-state index in [4.69, 9.17) is 15.8 Å². The summed E-state index contributed by atoms with van der Waals surface area (Å²) in [6, 6.07) is 30.7. The molecule has 0 saturated carbocycles. The van der Waals surface area contributed by atoms with Crippen molar-refractivity contribution in [1.82, 2.24) is 19.8 Å². The fourth-order valence-corrected chi connectivity index (χ4v) is 5.65. The number of aliphatic hydroxyl groups is 1. The molecule has 3 N–H and O–H groups in total. The highest BCUT2D eigenvalue weighted by Gasteiger charge is 2.33. The van der Waals surface area contributed by atoms with Gasteiger partial charge in [0.2, 0.25) is 0 Å². The van der Waals surface area contributed by atoms with Crippen LogP contribution in [-0.4, -0.2) is 115 Å². The van der Waals surface area contributed by atoms with Gasteiger partial charge < -0.3 is 20.6 Å². The molecular weight excluding hydrogens is 686 g/mol. The van der Waals surface area contributed by atoms with Crippen molar-refractivity contribution in [3.05, 3.63) is 108 Å². The number of nitrogens with two attached hydrogens (primary N) is 1. The largest absolute Gasteiger partial charge is 0.401 e. The standard InChI is InChI=1S/C24H23F3N4.C11H15F3N4.C2H6O/c25-24(26,27)18-30-14-16-31(17-15-30)22-13-7-12-21(28-22)29-23(19-8-3-1-4-9-19)20-10-5-2-6-11-20;12-11(13,14)8-17-4-6-18(7-5-17)10-3-1-2-9(15)16-10;1-2-3/h1-13H,14-18H2;1-3H,4-8H2,(H2,15,16);3H,2H2,1H3. The van der Waals surface area contributed by atoms with E-state index in [9.17, 15) is 26.3 Å². The highest BCUT2D eigenvalue weighted by molar-refractivity contribution is 6.13. The molecule has 0 aliphatic carbocycles. The van der Waals surface area contributed by atoms with Crippen LogP contribution in [0.5, 0.6) is 0 Å². The summed E-state index contributed by atoms with van der Waals surface area (Å²) in [7, 11) is 0. The minimum Gasteiger partial charge on any atom is -0.397 e. The average Bonchev–Trinajstić information content (AvgIpc) is 3.11. The van der Waals surface area contributed by atoms with E-state index in [2.05, 4.69) is 9.97 Å². The van der Waals surface area contributed by atoms with Crippen molar-refractivity contribution in [2.45, 2.75) is 19.3 Å². The van der Waals surface area contributed by atoms with E-state index in [0.29, 0.717) is 64.0 Å². The minimum atomic E-state index is -4.17. The number of rotatable bonds is 7. The molecule has 2 fully saturated rings. The molecule has 2 aromatic carbocycles. The van der Waals surface area contributed by atoms with Crippen LogP contribution < -0.4 is 15.5 Å². The zero-order valence-corrected chi connectivity index (χ0v) is 28.9. The molecule has 52 heavy (non-hydrogen) atoms. The molecule has 2 aromatic heterocycles. The maximum atomic E-state index is 12.6. The average molecular weight is 731 g/mol. The summed E-state index contributed by atoms with van der Waals surface area (Å²) in [4.78, 5) is 20.5. The Bertz CT molecular complexity index is 1620. The fourth-order valence-electron chi connectivity index (χ4n) is 5.65. The number of nitrogen functional groups attached to an aromatic ring is 1. The van der Waals surface area contributed by atoms with Gasteiger partial charge in [-0.25, -0.2) is 15.0 Å². The summed E-state index contributed by atoms with van der Waals surface area (Å²) in [5.74, 6) is 2.44. The van der Waals surface area contributed by atoms with Crippen molar-refractivity contribution in [2.24, 2.45) is 4.99 Å². The summed E-state index contributed by atoms with van der Waals surface area (Å²) < 4.78 is 74.6. The lowest BCUT2D eigenvalue weighted by molar-refractivity contribution is -0.147. The molecule has 6 rings (SSSR count). The predicted molar refractivity (Wildman–Crippen MR) is 193 cm³/mol. The summed E-state index contributed by atoms with van der Waals surface area (Å²) >= 11 is 0. The van der Waals surface area contributed by atoms with Crippen molar-refractivity contribution in [3.8, 4) is 0 Å². The van der Waals surface area contributed by atoms with Crippen LogP contribution in [0.2, 0.25) is 0 Å². The van der Waals surface area contributed by atoms with Gasteiger partial charge >= 0.3 is 12.4 Å². The molecule has 2 aliphatic rings. The van der Waals surface area contributed by atoms with Crippen LogP contribution in [0.25, 0.3) is 0 Å². The van der Waals surface area contributed by atoms with Crippen LogP contribution in [0.1, 0.15) is 18.1 Å². The second-order valence-electron chi connectivity index (χ2n) is 12.0. The van der Waals surface area contributed by atoms with E-state index in [-0.39, 0.29) is 6.61 Å². The Hall–Kier alpha value is -4.73. The van der Waals surface area contributed by atoms with Crippen molar-refractivity contribution in [2.75, 3.05) is 87.6 Å². The molecule has 15 heteroatoms. The number of nitrogens with zero attached hydrogens (tertiary/aromatic N) is 7. The van der Waals surface area contributed by atoms with Crippen LogP contribution >= 0.6 is 0 Å². The molecule has 0 spiro atoms. The number of alkyl halides is 6. The predicted octanol–water partition coefficient (Wildman–Crippen LogP) is 6.28. The Labute approximate surface area is 300 Å². The van der Waals surface area contributed by atoms with E-state index in [1.807, 2.05) is 94.7 Å². The number of aromatic nitrogens is 2. The molecule has 2 aliphatic heterocycles.